The fourth-order valence-electron chi connectivity index (χ4n) is 6.25. The summed E-state index contributed by atoms with van der Waals surface area (Å²) >= 11 is 0. The number of hydrogen-bond donors (Lipinski definition) is 4. The summed E-state index contributed by atoms with van der Waals surface area (Å²) in [6.07, 6.45) is -1.97. The van der Waals surface area contributed by atoms with Gasteiger partial charge in [-0.25, -0.2) is 0 Å². The summed E-state index contributed by atoms with van der Waals surface area (Å²) in [5.74, 6) is -2.99. The molecule has 2 saturated heterocycles. The van der Waals surface area contributed by atoms with Crippen molar-refractivity contribution in [1.82, 2.24) is 20.5 Å². The number of hydrogen-bond acceptors (Lipinski definition) is 6. The Hall–Kier alpha value is -3.61. The minimum atomic E-state index is -4.91. The third-order valence-corrected chi connectivity index (χ3v) is 8.04. The standard InChI is InChI=1S/C26H29F3N4O6/c27-26(28,29)39-21-6-2-5-17-16(21)10-19(31-17)25(38)33-11-14-3-1-4-15(14)22(33)24(37)32-18(20(35)12-34)9-13-7-8-30-23(13)36/h2,5-6,10,13-15,18,22,31,34H,1,3-4,7-9,11-12H2,(H,30,36)(H,32,37)/t13-,14-,15-,18-,22-/m0/s1. The van der Waals surface area contributed by atoms with Crippen molar-refractivity contribution < 1.29 is 42.2 Å². The van der Waals surface area contributed by atoms with Crippen LogP contribution in [0.3, 0.4) is 0 Å². The predicted octanol–water partition coefficient (Wildman–Crippen LogP) is 1.88. The highest BCUT2D eigenvalue weighted by molar-refractivity contribution is 6.02. The quantitative estimate of drug-likeness (QED) is 0.396. The molecule has 39 heavy (non-hydrogen) atoms. The molecule has 4 N–H and O–H groups in total. The number of aromatic amines is 1. The molecule has 10 nitrogen and oxygen atoms in total. The summed E-state index contributed by atoms with van der Waals surface area (Å²) in [6.45, 7) is -0.0606. The minimum Gasteiger partial charge on any atom is -0.405 e. The second-order valence-corrected chi connectivity index (χ2v) is 10.4. The molecule has 3 heterocycles. The first-order valence-electron chi connectivity index (χ1n) is 13.0. The molecule has 1 aromatic carbocycles. The number of likely N-dealkylation sites (tertiary alicyclic amines) is 1. The number of H-pyrrole nitrogens is 1. The first-order valence-corrected chi connectivity index (χ1v) is 13.0. The molecular formula is C26H29F3N4O6. The van der Waals surface area contributed by atoms with Crippen LogP contribution in [0.2, 0.25) is 0 Å². The van der Waals surface area contributed by atoms with E-state index in [4.69, 9.17) is 0 Å². The van der Waals surface area contributed by atoms with Gasteiger partial charge in [0.05, 0.1) is 6.04 Å². The van der Waals surface area contributed by atoms with E-state index in [1.165, 1.54) is 23.1 Å². The summed E-state index contributed by atoms with van der Waals surface area (Å²) in [6, 6.07) is 3.31. The monoisotopic (exact) mass is 550 g/mol. The molecule has 13 heteroatoms. The lowest BCUT2D eigenvalue weighted by molar-refractivity contribution is -0.274. The highest BCUT2D eigenvalue weighted by Gasteiger charge is 2.50. The number of ether oxygens (including phenoxy) is 1. The summed E-state index contributed by atoms with van der Waals surface area (Å²) < 4.78 is 42.7. The number of carbonyl (C=O) groups excluding carboxylic acids is 4. The zero-order valence-electron chi connectivity index (χ0n) is 20.9. The Labute approximate surface area is 221 Å². The van der Waals surface area contributed by atoms with Crippen molar-refractivity contribution in [2.45, 2.75) is 50.6 Å². The third-order valence-electron chi connectivity index (χ3n) is 8.04. The maximum atomic E-state index is 13.6. The lowest BCUT2D eigenvalue weighted by Crippen LogP contribution is -2.53. The second-order valence-electron chi connectivity index (χ2n) is 10.4. The normalized spacial score (nSPS) is 25.4. The molecule has 210 valence electrons. The molecule has 3 amide bonds. The third kappa shape index (κ3) is 5.45. The number of carbonyl (C=O) groups is 4. The summed E-state index contributed by atoms with van der Waals surface area (Å²) in [4.78, 5) is 56.0. The number of halogens is 3. The van der Waals surface area contributed by atoms with Gasteiger partial charge in [0, 0.05) is 29.9 Å². The van der Waals surface area contributed by atoms with Crippen LogP contribution in [0, 0.1) is 17.8 Å². The van der Waals surface area contributed by atoms with E-state index in [2.05, 4.69) is 20.4 Å². The topological polar surface area (TPSA) is 141 Å². The van der Waals surface area contributed by atoms with Gasteiger partial charge in [-0.15, -0.1) is 13.2 Å². The summed E-state index contributed by atoms with van der Waals surface area (Å²) in [7, 11) is 0. The first kappa shape index (κ1) is 27.0. The molecule has 2 aliphatic heterocycles. The van der Waals surface area contributed by atoms with Gasteiger partial charge in [0.1, 0.15) is 24.1 Å². The Morgan fingerprint density at radius 2 is 2.00 bits per heavy atom. The van der Waals surface area contributed by atoms with Crippen LogP contribution in [-0.2, 0) is 14.4 Å². The Morgan fingerprint density at radius 1 is 1.21 bits per heavy atom. The zero-order valence-corrected chi connectivity index (χ0v) is 20.9. The number of amides is 3. The predicted molar refractivity (Wildman–Crippen MR) is 130 cm³/mol. The zero-order chi connectivity index (χ0) is 27.9. The number of aliphatic hydroxyl groups is 1. The highest BCUT2D eigenvalue weighted by Crippen LogP contribution is 2.43. The fourth-order valence-corrected chi connectivity index (χ4v) is 6.25. The van der Waals surface area contributed by atoms with Gasteiger partial charge in [0.25, 0.3) is 5.91 Å². The highest BCUT2D eigenvalue weighted by atomic mass is 19.4. The van der Waals surface area contributed by atoms with E-state index in [0.29, 0.717) is 19.4 Å². The number of benzene rings is 1. The number of rotatable bonds is 8. The Morgan fingerprint density at radius 3 is 2.69 bits per heavy atom. The molecule has 1 aliphatic carbocycles. The Bertz CT molecular complexity index is 1290. The lowest BCUT2D eigenvalue weighted by atomic mass is 9.92. The molecule has 3 aliphatic rings. The second kappa shape index (κ2) is 10.5. The number of Topliss-reactive ketones (excluding diaryl/α,β-unsaturated/α-hetero) is 1. The smallest absolute Gasteiger partial charge is 0.405 e. The van der Waals surface area contributed by atoms with Crippen LogP contribution in [0.5, 0.6) is 5.75 Å². The van der Waals surface area contributed by atoms with E-state index in [1.807, 2.05) is 0 Å². The van der Waals surface area contributed by atoms with Gasteiger partial charge in [-0.05, 0) is 55.7 Å². The Balaban J connectivity index is 1.39. The van der Waals surface area contributed by atoms with Crippen LogP contribution in [-0.4, -0.2) is 76.6 Å². The molecule has 1 saturated carbocycles. The minimum absolute atomic E-state index is 0.00612. The van der Waals surface area contributed by atoms with Crippen molar-refractivity contribution in [3.8, 4) is 5.75 Å². The molecular weight excluding hydrogens is 521 g/mol. The molecule has 2 aromatic rings. The molecule has 0 bridgehead atoms. The van der Waals surface area contributed by atoms with E-state index in [-0.39, 0.29) is 47.3 Å². The van der Waals surface area contributed by atoms with Crippen LogP contribution in [0.1, 0.15) is 42.6 Å². The number of nitrogens with zero attached hydrogens (tertiary/aromatic N) is 1. The van der Waals surface area contributed by atoms with Crippen LogP contribution in [0.15, 0.2) is 24.3 Å². The van der Waals surface area contributed by atoms with Crippen LogP contribution >= 0.6 is 0 Å². The molecule has 0 spiro atoms. The maximum absolute atomic E-state index is 13.6. The molecule has 5 atom stereocenters. The first-order chi connectivity index (χ1) is 18.6. The van der Waals surface area contributed by atoms with Crippen LogP contribution in [0.4, 0.5) is 13.2 Å². The summed E-state index contributed by atoms with van der Waals surface area (Å²) in [5.41, 5.74) is 0.274. The van der Waals surface area contributed by atoms with Gasteiger partial charge in [0.15, 0.2) is 5.78 Å². The van der Waals surface area contributed by atoms with Gasteiger partial charge >= 0.3 is 6.36 Å². The van der Waals surface area contributed by atoms with Crippen LogP contribution in [0.25, 0.3) is 10.9 Å². The number of fused-ring (bicyclic) bond motifs is 2. The number of aliphatic hydroxyl groups excluding tert-OH is 1. The van der Waals surface area contributed by atoms with E-state index < -0.39 is 54.3 Å². The molecule has 0 unspecified atom stereocenters. The molecule has 5 rings (SSSR count). The van der Waals surface area contributed by atoms with E-state index in [0.717, 1.165) is 18.9 Å². The SMILES string of the molecule is O=C1NCC[C@H]1C[C@H](NC(=O)[C@@H]1[C@H]2CCC[C@H]2CN1C(=O)c1cc2c(OC(F)(F)F)cccc2[nH]1)C(=O)CO. The van der Waals surface area contributed by atoms with Crippen molar-refractivity contribution in [2.24, 2.45) is 17.8 Å². The fraction of sp³-hybridized carbons (Fsp3) is 0.538. The van der Waals surface area contributed by atoms with Gasteiger partial charge in [-0.2, -0.15) is 0 Å². The maximum Gasteiger partial charge on any atom is 0.573 e. The van der Waals surface area contributed by atoms with Crippen molar-refractivity contribution in [3.63, 3.8) is 0 Å². The number of ketones is 1. The molecule has 3 fully saturated rings. The van der Waals surface area contributed by atoms with Gasteiger partial charge in [0.2, 0.25) is 11.8 Å². The van der Waals surface area contributed by atoms with Gasteiger partial charge in [-0.3, -0.25) is 19.2 Å². The average molecular weight is 551 g/mol. The molecule has 0 radical (unpaired) electrons. The largest absolute Gasteiger partial charge is 0.573 e. The van der Waals surface area contributed by atoms with Crippen molar-refractivity contribution in [2.75, 3.05) is 19.7 Å². The number of aromatic nitrogens is 1. The number of nitrogens with one attached hydrogen (secondary N) is 3. The average Bonchev–Trinajstić information content (AvgIpc) is 3.66. The van der Waals surface area contributed by atoms with Gasteiger partial charge in [-0.1, -0.05) is 12.5 Å². The van der Waals surface area contributed by atoms with E-state index in [1.54, 1.807) is 0 Å². The van der Waals surface area contributed by atoms with Crippen molar-refractivity contribution in [1.29, 1.82) is 0 Å². The van der Waals surface area contributed by atoms with Crippen molar-refractivity contribution in [3.05, 3.63) is 30.0 Å². The lowest BCUT2D eigenvalue weighted by Gasteiger charge is -2.29. The number of alkyl halides is 3. The summed E-state index contributed by atoms with van der Waals surface area (Å²) in [5, 5.41) is 14.9. The van der Waals surface area contributed by atoms with E-state index >= 15 is 0 Å². The molecule has 1 aromatic heterocycles. The van der Waals surface area contributed by atoms with Gasteiger partial charge < -0.3 is 30.4 Å². The van der Waals surface area contributed by atoms with Crippen molar-refractivity contribution >= 4 is 34.4 Å². The van der Waals surface area contributed by atoms with E-state index in [9.17, 15) is 37.5 Å². The Kier molecular flexibility index (Phi) is 7.27. The van der Waals surface area contributed by atoms with Crippen LogP contribution < -0.4 is 15.4 Å².